The van der Waals surface area contributed by atoms with Crippen LogP contribution in [0.2, 0.25) is 0 Å². The molecule has 1 unspecified atom stereocenters. The lowest BCUT2D eigenvalue weighted by molar-refractivity contribution is -0.143. The van der Waals surface area contributed by atoms with Gasteiger partial charge in [-0.15, -0.1) is 0 Å². The predicted octanol–water partition coefficient (Wildman–Crippen LogP) is 0.552. The van der Waals surface area contributed by atoms with E-state index in [0.717, 1.165) is 4.90 Å². The van der Waals surface area contributed by atoms with Gasteiger partial charge in [-0.2, -0.15) is 0 Å². The van der Waals surface area contributed by atoms with Crippen molar-refractivity contribution in [2.75, 3.05) is 33.3 Å². The second-order valence-electron chi connectivity index (χ2n) is 7.86. The minimum absolute atomic E-state index is 0.0452. The van der Waals surface area contributed by atoms with Crippen molar-refractivity contribution in [1.29, 1.82) is 0 Å². The highest BCUT2D eigenvalue weighted by Crippen LogP contribution is 2.29. The van der Waals surface area contributed by atoms with Crippen LogP contribution in [0.15, 0.2) is 18.2 Å². The number of rotatable bonds is 10. The van der Waals surface area contributed by atoms with Crippen LogP contribution in [0, 0.1) is 5.92 Å². The number of aliphatic carboxylic acids is 1. The number of ether oxygens (including phenoxy) is 1. The lowest BCUT2D eigenvalue weighted by Gasteiger charge is -2.29. The third-order valence-corrected chi connectivity index (χ3v) is 5.92. The van der Waals surface area contributed by atoms with Gasteiger partial charge in [-0.1, -0.05) is 0 Å². The summed E-state index contributed by atoms with van der Waals surface area (Å²) in [6.07, 6.45) is 1.96. The maximum absolute atomic E-state index is 12.9. The van der Waals surface area contributed by atoms with E-state index in [9.17, 15) is 24.0 Å². The molecule has 0 bridgehead atoms. The Bertz CT molecular complexity index is 909. The van der Waals surface area contributed by atoms with E-state index in [-0.39, 0.29) is 29.9 Å². The Morgan fingerprint density at radius 2 is 1.91 bits per heavy atom. The maximum Gasteiger partial charge on any atom is 0.306 e. The summed E-state index contributed by atoms with van der Waals surface area (Å²) in [6.45, 7) is 2.34. The van der Waals surface area contributed by atoms with Gasteiger partial charge in [-0.25, -0.2) is 0 Å². The quantitative estimate of drug-likeness (QED) is 0.394. The summed E-state index contributed by atoms with van der Waals surface area (Å²) in [5.74, 6) is -2.29. The third kappa shape index (κ3) is 4.96. The zero-order valence-electron chi connectivity index (χ0n) is 17.9. The van der Waals surface area contributed by atoms with Gasteiger partial charge in [0.05, 0.1) is 17.0 Å². The fraction of sp³-hybridized carbons (Fsp3) is 0.500. The minimum atomic E-state index is -1.06. The van der Waals surface area contributed by atoms with Crippen LogP contribution in [0.1, 0.15) is 46.4 Å². The van der Waals surface area contributed by atoms with Gasteiger partial charge in [0, 0.05) is 20.0 Å². The molecule has 2 N–H and O–H groups in total. The molecule has 1 atom stereocenters. The Balaban J connectivity index is 1.62. The number of likely N-dealkylation sites (tertiary alicyclic amines) is 1. The number of amides is 3. The van der Waals surface area contributed by atoms with Gasteiger partial charge in [0.2, 0.25) is 5.91 Å². The van der Waals surface area contributed by atoms with Gasteiger partial charge < -0.3 is 20.0 Å². The Kier molecular flexibility index (Phi) is 7.57. The molecule has 1 fully saturated rings. The highest BCUT2D eigenvalue weighted by molar-refractivity contribution is 6.23. The van der Waals surface area contributed by atoms with Crippen LogP contribution >= 0.6 is 0 Å². The summed E-state index contributed by atoms with van der Waals surface area (Å²) >= 11 is 0. The number of likely N-dealkylation sites (N-methyl/N-ethyl adjacent to an activating group) is 1. The molecule has 1 aromatic rings. The zero-order chi connectivity index (χ0) is 23.3. The van der Waals surface area contributed by atoms with E-state index >= 15 is 0 Å². The normalized spacial score (nSPS) is 17.7. The summed E-state index contributed by atoms with van der Waals surface area (Å²) < 4.78 is 5.76. The van der Waals surface area contributed by atoms with Gasteiger partial charge in [0.25, 0.3) is 11.8 Å². The molecule has 3 rings (SSSR count). The summed E-state index contributed by atoms with van der Waals surface area (Å²) in [7, 11) is 1.41. The fourth-order valence-corrected chi connectivity index (χ4v) is 4.08. The van der Waals surface area contributed by atoms with Crippen LogP contribution in [0.5, 0.6) is 5.75 Å². The van der Waals surface area contributed by atoms with Crippen LogP contribution < -0.4 is 10.1 Å². The Hall–Kier alpha value is -3.27. The molecule has 0 saturated carbocycles. The first kappa shape index (κ1) is 23.4. The van der Waals surface area contributed by atoms with Crippen molar-refractivity contribution in [3.8, 4) is 5.75 Å². The number of hydrogen-bond donors (Lipinski definition) is 2. The monoisotopic (exact) mass is 445 g/mol. The molecular formula is C22H27N3O7. The molecule has 10 nitrogen and oxygen atoms in total. The van der Waals surface area contributed by atoms with E-state index in [2.05, 4.69) is 10.2 Å². The number of carbonyl (C=O) groups excluding carboxylic acids is 4. The SMILES string of the molecule is CNC(=O)C(CCC=O)N1C(=O)c2ccc(OCCN3CCC(C(=O)O)CC3)cc2C1=O. The number of fused-ring (bicyclic) bond motifs is 1. The van der Waals surface area contributed by atoms with Crippen LogP contribution in [-0.2, 0) is 14.4 Å². The highest BCUT2D eigenvalue weighted by Gasteiger charge is 2.42. The molecule has 32 heavy (non-hydrogen) atoms. The van der Waals surface area contributed by atoms with Gasteiger partial charge in [0.15, 0.2) is 0 Å². The van der Waals surface area contributed by atoms with Crippen molar-refractivity contribution < 1.29 is 33.8 Å². The molecule has 0 aliphatic carbocycles. The first-order valence-corrected chi connectivity index (χ1v) is 10.6. The average Bonchev–Trinajstić information content (AvgIpc) is 3.04. The van der Waals surface area contributed by atoms with E-state index < -0.39 is 29.7 Å². The number of aldehydes is 1. The predicted molar refractivity (Wildman–Crippen MR) is 112 cm³/mol. The molecule has 2 heterocycles. The van der Waals surface area contributed by atoms with E-state index in [1.165, 1.54) is 19.2 Å². The topological polar surface area (TPSA) is 133 Å². The number of hydrogen-bond acceptors (Lipinski definition) is 7. The van der Waals surface area contributed by atoms with E-state index in [1.54, 1.807) is 6.07 Å². The third-order valence-electron chi connectivity index (χ3n) is 5.92. The molecule has 1 saturated heterocycles. The van der Waals surface area contributed by atoms with Crippen molar-refractivity contribution in [3.63, 3.8) is 0 Å². The van der Waals surface area contributed by atoms with Crippen LogP contribution in [0.4, 0.5) is 0 Å². The Morgan fingerprint density at radius 3 is 2.53 bits per heavy atom. The summed E-state index contributed by atoms with van der Waals surface area (Å²) in [5, 5.41) is 11.5. The molecule has 2 aliphatic rings. The Morgan fingerprint density at radius 1 is 1.22 bits per heavy atom. The second-order valence-corrected chi connectivity index (χ2v) is 7.86. The molecule has 0 spiro atoms. The summed E-state index contributed by atoms with van der Waals surface area (Å²) in [4.78, 5) is 62.8. The minimum Gasteiger partial charge on any atom is -0.492 e. The van der Waals surface area contributed by atoms with Crippen molar-refractivity contribution >= 4 is 30.0 Å². The number of nitrogens with one attached hydrogen (secondary N) is 1. The fourth-order valence-electron chi connectivity index (χ4n) is 4.08. The molecule has 3 amide bonds. The van der Waals surface area contributed by atoms with Gasteiger partial charge in [0.1, 0.15) is 24.7 Å². The number of piperidine rings is 1. The van der Waals surface area contributed by atoms with Gasteiger partial charge in [-0.05, 0) is 50.6 Å². The lowest BCUT2D eigenvalue weighted by atomic mass is 9.97. The summed E-state index contributed by atoms with van der Waals surface area (Å²) in [6, 6.07) is 3.54. The first-order valence-electron chi connectivity index (χ1n) is 10.6. The molecule has 10 heteroatoms. The van der Waals surface area contributed by atoms with E-state index in [1.807, 2.05) is 0 Å². The lowest BCUT2D eigenvalue weighted by Crippen LogP contribution is -2.48. The average molecular weight is 445 g/mol. The number of benzene rings is 1. The Labute approximate surface area is 185 Å². The molecule has 1 aromatic carbocycles. The molecular weight excluding hydrogens is 418 g/mol. The van der Waals surface area contributed by atoms with Crippen molar-refractivity contribution in [2.45, 2.75) is 31.7 Å². The molecule has 2 aliphatic heterocycles. The molecule has 172 valence electrons. The number of carboxylic acid groups (broad SMARTS) is 1. The number of imide groups is 1. The number of nitrogens with zero attached hydrogens (tertiary/aromatic N) is 2. The van der Waals surface area contributed by atoms with Gasteiger partial charge >= 0.3 is 5.97 Å². The van der Waals surface area contributed by atoms with Crippen molar-refractivity contribution in [3.05, 3.63) is 29.3 Å². The largest absolute Gasteiger partial charge is 0.492 e. The van der Waals surface area contributed by atoms with Crippen LogP contribution in [0.3, 0.4) is 0 Å². The number of carboxylic acids is 1. The molecule has 0 radical (unpaired) electrons. The van der Waals surface area contributed by atoms with E-state index in [0.29, 0.717) is 51.1 Å². The zero-order valence-corrected chi connectivity index (χ0v) is 17.9. The smallest absolute Gasteiger partial charge is 0.306 e. The van der Waals surface area contributed by atoms with E-state index in [4.69, 9.17) is 9.84 Å². The second kappa shape index (κ2) is 10.4. The van der Waals surface area contributed by atoms with Crippen LogP contribution in [0.25, 0.3) is 0 Å². The first-order chi connectivity index (χ1) is 15.4. The standard InChI is InChI=1S/C22H27N3O7/c1-23-19(27)18(3-2-11-26)25-20(28)16-5-4-15(13-17(16)21(25)29)32-12-10-24-8-6-14(7-9-24)22(30)31/h4-5,11,13-14,18H,2-3,6-10,12H2,1H3,(H,23,27)(H,30,31). The number of carbonyl (C=O) groups is 5. The van der Waals surface area contributed by atoms with Crippen molar-refractivity contribution in [1.82, 2.24) is 15.1 Å². The van der Waals surface area contributed by atoms with Crippen molar-refractivity contribution in [2.24, 2.45) is 5.92 Å². The highest BCUT2D eigenvalue weighted by atomic mass is 16.5. The summed E-state index contributed by atoms with van der Waals surface area (Å²) in [5.41, 5.74) is 0.355. The maximum atomic E-state index is 12.9. The molecule has 0 aromatic heterocycles. The van der Waals surface area contributed by atoms with Gasteiger partial charge in [-0.3, -0.25) is 29.0 Å². The van der Waals surface area contributed by atoms with Crippen LogP contribution in [-0.4, -0.2) is 84.2 Å².